The molecule has 1 aliphatic rings. The number of morpholine rings is 1. The van der Waals surface area contributed by atoms with Gasteiger partial charge in [-0.2, -0.15) is 0 Å². The van der Waals surface area contributed by atoms with Crippen molar-refractivity contribution in [2.45, 2.75) is 20.0 Å². The van der Waals surface area contributed by atoms with Crippen molar-refractivity contribution in [2.75, 3.05) is 31.2 Å². The monoisotopic (exact) mass is 261 g/mol. The molecule has 0 aliphatic carbocycles. The van der Waals surface area contributed by atoms with Gasteiger partial charge in [-0.05, 0) is 5.92 Å². The zero-order chi connectivity index (χ0) is 12.8. The van der Waals surface area contributed by atoms with Gasteiger partial charge in [0.1, 0.15) is 0 Å². The summed E-state index contributed by atoms with van der Waals surface area (Å²) in [6, 6.07) is 0. The molecule has 1 unspecified atom stereocenters. The van der Waals surface area contributed by atoms with E-state index in [1.807, 2.05) is 0 Å². The molecule has 0 radical (unpaired) electrons. The van der Waals surface area contributed by atoms with Gasteiger partial charge in [0.2, 0.25) is 5.91 Å². The van der Waals surface area contributed by atoms with Gasteiger partial charge in [-0.3, -0.25) is 9.59 Å². The normalized spacial score (nSPS) is 20.6. The largest absolute Gasteiger partial charge is 0.481 e. The number of hydrogen-bond acceptors (Lipinski definition) is 4. The van der Waals surface area contributed by atoms with Crippen LogP contribution in [0.3, 0.4) is 0 Å². The van der Waals surface area contributed by atoms with E-state index in [1.54, 1.807) is 4.90 Å². The second-order valence-corrected chi connectivity index (χ2v) is 5.37. The Bertz CT molecular complexity index is 283. The van der Waals surface area contributed by atoms with Crippen LogP contribution in [0.25, 0.3) is 0 Å². The van der Waals surface area contributed by atoms with Gasteiger partial charge in [0.25, 0.3) is 0 Å². The minimum Gasteiger partial charge on any atom is -0.481 e. The number of nitrogens with zero attached hydrogens (tertiary/aromatic N) is 1. The first-order valence-electron chi connectivity index (χ1n) is 5.69. The highest BCUT2D eigenvalue weighted by atomic mass is 32.2. The maximum Gasteiger partial charge on any atom is 0.313 e. The highest BCUT2D eigenvalue weighted by Crippen LogP contribution is 2.14. The number of aliphatic carboxylic acids is 1. The van der Waals surface area contributed by atoms with Crippen LogP contribution in [0.2, 0.25) is 0 Å². The maximum atomic E-state index is 11.8. The Labute approximate surface area is 105 Å². The van der Waals surface area contributed by atoms with Gasteiger partial charge in [-0.15, -0.1) is 11.8 Å². The van der Waals surface area contributed by atoms with Crippen LogP contribution in [-0.2, 0) is 14.3 Å². The fourth-order valence-electron chi connectivity index (χ4n) is 1.62. The average Bonchev–Trinajstić information content (AvgIpc) is 2.28. The van der Waals surface area contributed by atoms with Gasteiger partial charge >= 0.3 is 5.97 Å². The molecule has 1 heterocycles. The number of carboxylic acids is 1. The number of carboxylic acid groups (broad SMARTS) is 1. The molecule has 0 bridgehead atoms. The molecule has 0 aromatic carbocycles. The minimum atomic E-state index is -0.884. The van der Waals surface area contributed by atoms with E-state index >= 15 is 0 Å². The van der Waals surface area contributed by atoms with E-state index in [-0.39, 0.29) is 23.5 Å². The summed E-state index contributed by atoms with van der Waals surface area (Å²) in [7, 11) is 0. The number of carbonyl (C=O) groups is 2. The smallest absolute Gasteiger partial charge is 0.313 e. The summed E-state index contributed by atoms with van der Waals surface area (Å²) in [6.45, 7) is 5.92. The topological polar surface area (TPSA) is 66.8 Å². The van der Waals surface area contributed by atoms with E-state index in [4.69, 9.17) is 9.84 Å². The third kappa shape index (κ3) is 4.95. The molecular weight excluding hydrogens is 242 g/mol. The van der Waals surface area contributed by atoms with Gasteiger partial charge in [0.15, 0.2) is 0 Å². The zero-order valence-corrected chi connectivity index (χ0v) is 11.0. The van der Waals surface area contributed by atoms with Crippen molar-refractivity contribution in [1.82, 2.24) is 4.90 Å². The van der Waals surface area contributed by atoms with Crippen molar-refractivity contribution in [3.8, 4) is 0 Å². The second kappa shape index (κ2) is 6.86. The van der Waals surface area contributed by atoms with Crippen molar-refractivity contribution in [1.29, 1.82) is 0 Å². The number of ether oxygens (including phenoxy) is 1. The first kappa shape index (κ1) is 14.3. The first-order chi connectivity index (χ1) is 8.00. The molecule has 0 saturated carbocycles. The predicted molar refractivity (Wildman–Crippen MR) is 66.1 cm³/mol. The molecule has 6 heteroatoms. The highest BCUT2D eigenvalue weighted by molar-refractivity contribution is 8.00. The molecule has 1 amide bonds. The van der Waals surface area contributed by atoms with Crippen LogP contribution < -0.4 is 0 Å². The predicted octanol–water partition coefficient (Wildman–Crippen LogP) is 0.688. The summed E-state index contributed by atoms with van der Waals surface area (Å²) in [5.74, 6) is -0.284. The first-order valence-corrected chi connectivity index (χ1v) is 6.85. The van der Waals surface area contributed by atoms with Gasteiger partial charge in [-0.25, -0.2) is 0 Å². The van der Waals surface area contributed by atoms with E-state index in [0.29, 0.717) is 25.6 Å². The van der Waals surface area contributed by atoms with Crippen molar-refractivity contribution in [2.24, 2.45) is 5.92 Å². The lowest BCUT2D eigenvalue weighted by molar-refractivity contribution is -0.137. The van der Waals surface area contributed by atoms with E-state index in [1.165, 1.54) is 0 Å². The molecule has 17 heavy (non-hydrogen) atoms. The summed E-state index contributed by atoms with van der Waals surface area (Å²) < 4.78 is 5.57. The van der Waals surface area contributed by atoms with Crippen LogP contribution in [-0.4, -0.2) is 59.2 Å². The standard InChI is InChI=1S/C11H19NO4S/c1-8(2)9-5-12(3-4-16-9)10(13)6-17-7-11(14)15/h8-9H,3-7H2,1-2H3,(H,14,15). The van der Waals surface area contributed by atoms with E-state index in [0.717, 1.165) is 11.8 Å². The number of thioether (sulfide) groups is 1. The minimum absolute atomic E-state index is 0.00481. The highest BCUT2D eigenvalue weighted by Gasteiger charge is 2.25. The molecular formula is C11H19NO4S. The average molecular weight is 261 g/mol. The van der Waals surface area contributed by atoms with Gasteiger partial charge < -0.3 is 14.7 Å². The summed E-state index contributed by atoms with van der Waals surface area (Å²) in [5.41, 5.74) is 0. The fraction of sp³-hybridized carbons (Fsp3) is 0.818. The van der Waals surface area contributed by atoms with Crippen molar-refractivity contribution in [3.05, 3.63) is 0 Å². The van der Waals surface area contributed by atoms with Crippen LogP contribution in [0.15, 0.2) is 0 Å². The zero-order valence-electron chi connectivity index (χ0n) is 10.2. The fourth-order valence-corrected chi connectivity index (χ4v) is 2.26. The van der Waals surface area contributed by atoms with E-state index in [9.17, 15) is 9.59 Å². The van der Waals surface area contributed by atoms with E-state index < -0.39 is 5.97 Å². The molecule has 1 atom stereocenters. The van der Waals surface area contributed by atoms with Gasteiger partial charge in [0, 0.05) is 13.1 Å². The quantitative estimate of drug-likeness (QED) is 0.788. The van der Waals surface area contributed by atoms with Crippen molar-refractivity contribution >= 4 is 23.6 Å². The number of amides is 1. The maximum absolute atomic E-state index is 11.8. The molecule has 1 fully saturated rings. The Balaban J connectivity index is 2.33. The molecule has 1 aliphatic heterocycles. The molecule has 0 aromatic heterocycles. The third-order valence-corrected chi connectivity index (χ3v) is 3.54. The Morgan fingerprint density at radius 1 is 1.47 bits per heavy atom. The third-order valence-electron chi connectivity index (χ3n) is 2.64. The lowest BCUT2D eigenvalue weighted by Crippen LogP contribution is -2.48. The van der Waals surface area contributed by atoms with E-state index in [2.05, 4.69) is 13.8 Å². The molecule has 5 nitrogen and oxygen atoms in total. The number of rotatable bonds is 5. The SMILES string of the molecule is CC(C)C1CN(C(=O)CSCC(=O)O)CCO1. The Morgan fingerprint density at radius 2 is 2.18 bits per heavy atom. The second-order valence-electron chi connectivity index (χ2n) is 4.38. The number of hydrogen-bond donors (Lipinski definition) is 1. The Hall–Kier alpha value is -0.750. The Kier molecular flexibility index (Phi) is 5.77. The van der Waals surface area contributed by atoms with Gasteiger partial charge in [-0.1, -0.05) is 13.8 Å². The van der Waals surface area contributed by atoms with Crippen LogP contribution in [0.5, 0.6) is 0 Å². The van der Waals surface area contributed by atoms with Crippen molar-refractivity contribution < 1.29 is 19.4 Å². The summed E-state index contributed by atoms with van der Waals surface area (Å²) in [4.78, 5) is 23.9. The van der Waals surface area contributed by atoms with Crippen LogP contribution in [0.4, 0.5) is 0 Å². The molecule has 1 N–H and O–H groups in total. The number of carbonyl (C=O) groups excluding carboxylic acids is 1. The lowest BCUT2D eigenvalue weighted by Gasteiger charge is -2.34. The summed E-state index contributed by atoms with van der Waals surface area (Å²) >= 11 is 1.14. The van der Waals surface area contributed by atoms with Crippen molar-refractivity contribution in [3.63, 3.8) is 0 Å². The van der Waals surface area contributed by atoms with Crippen LogP contribution >= 0.6 is 11.8 Å². The molecule has 1 rings (SSSR count). The lowest BCUT2D eigenvalue weighted by atomic mass is 10.1. The summed E-state index contributed by atoms with van der Waals surface area (Å²) in [5, 5.41) is 8.49. The van der Waals surface area contributed by atoms with Crippen LogP contribution in [0, 0.1) is 5.92 Å². The summed E-state index contributed by atoms with van der Waals surface area (Å²) in [6.07, 6.45) is 0.0946. The molecule has 0 aromatic rings. The molecule has 98 valence electrons. The Morgan fingerprint density at radius 3 is 2.76 bits per heavy atom. The molecule has 0 spiro atoms. The van der Waals surface area contributed by atoms with Crippen LogP contribution in [0.1, 0.15) is 13.8 Å². The van der Waals surface area contributed by atoms with Gasteiger partial charge in [0.05, 0.1) is 24.2 Å². The molecule has 1 saturated heterocycles.